The summed E-state index contributed by atoms with van der Waals surface area (Å²) in [6.45, 7) is 8.68. The molecule has 0 aliphatic heterocycles. The van der Waals surface area contributed by atoms with Gasteiger partial charge in [0, 0.05) is 13.1 Å². The number of rotatable bonds is 7. The first-order valence-electron chi connectivity index (χ1n) is 9.09. The Labute approximate surface area is 156 Å². The molecular formula is C22H28N2O2. The molecule has 0 aromatic heterocycles. The Balaban J connectivity index is 2.25. The molecule has 0 bridgehead atoms. The Bertz CT molecular complexity index is 770. The third-order valence-electron chi connectivity index (χ3n) is 4.56. The second kappa shape index (κ2) is 9.18. The van der Waals surface area contributed by atoms with Crippen LogP contribution >= 0.6 is 0 Å². The number of hydrogen-bond donors (Lipinski definition) is 1. The van der Waals surface area contributed by atoms with Crippen molar-refractivity contribution in [3.05, 3.63) is 70.8 Å². The van der Waals surface area contributed by atoms with E-state index in [0.29, 0.717) is 13.1 Å². The average molecular weight is 352 g/mol. The Kier molecular flexibility index (Phi) is 6.96. The maximum Gasteiger partial charge on any atom is 0.242 e. The SMILES string of the molecule is CCNC(=O)[C@H](C)N(Cc1ccccc1C)C(=O)Cc1cccc(C)c1. The summed E-state index contributed by atoms with van der Waals surface area (Å²) in [5.41, 5.74) is 4.26. The van der Waals surface area contributed by atoms with Crippen molar-refractivity contribution in [1.29, 1.82) is 0 Å². The highest BCUT2D eigenvalue weighted by molar-refractivity contribution is 5.88. The van der Waals surface area contributed by atoms with E-state index >= 15 is 0 Å². The van der Waals surface area contributed by atoms with Gasteiger partial charge in [-0.15, -0.1) is 0 Å². The van der Waals surface area contributed by atoms with Gasteiger partial charge in [0.1, 0.15) is 6.04 Å². The largest absolute Gasteiger partial charge is 0.355 e. The number of aryl methyl sites for hydroxylation is 2. The Morgan fingerprint density at radius 3 is 2.46 bits per heavy atom. The fraction of sp³-hybridized carbons (Fsp3) is 0.364. The second-order valence-electron chi connectivity index (χ2n) is 6.68. The summed E-state index contributed by atoms with van der Waals surface area (Å²) in [6, 6.07) is 15.4. The first-order chi connectivity index (χ1) is 12.4. The van der Waals surface area contributed by atoms with Crippen molar-refractivity contribution >= 4 is 11.8 Å². The summed E-state index contributed by atoms with van der Waals surface area (Å²) < 4.78 is 0. The van der Waals surface area contributed by atoms with E-state index in [1.165, 1.54) is 0 Å². The molecule has 1 atom stereocenters. The van der Waals surface area contributed by atoms with E-state index in [4.69, 9.17) is 0 Å². The number of benzene rings is 2. The summed E-state index contributed by atoms with van der Waals surface area (Å²) in [5.74, 6) is -0.170. The second-order valence-corrected chi connectivity index (χ2v) is 6.68. The molecule has 1 N–H and O–H groups in total. The van der Waals surface area contributed by atoms with Crippen molar-refractivity contribution in [3.63, 3.8) is 0 Å². The van der Waals surface area contributed by atoms with Gasteiger partial charge in [-0.3, -0.25) is 9.59 Å². The van der Waals surface area contributed by atoms with Gasteiger partial charge in [0.2, 0.25) is 11.8 Å². The molecule has 0 fully saturated rings. The molecule has 2 rings (SSSR count). The summed E-state index contributed by atoms with van der Waals surface area (Å²) in [7, 11) is 0. The Hall–Kier alpha value is -2.62. The minimum Gasteiger partial charge on any atom is -0.355 e. The zero-order chi connectivity index (χ0) is 19.1. The van der Waals surface area contributed by atoms with Gasteiger partial charge in [0.15, 0.2) is 0 Å². The molecule has 0 saturated carbocycles. The normalized spacial score (nSPS) is 11.7. The maximum atomic E-state index is 13.0. The van der Waals surface area contributed by atoms with Crippen LogP contribution in [0, 0.1) is 13.8 Å². The van der Waals surface area contributed by atoms with E-state index in [0.717, 1.165) is 22.3 Å². The topological polar surface area (TPSA) is 49.4 Å². The molecule has 4 nitrogen and oxygen atoms in total. The lowest BCUT2D eigenvalue weighted by Crippen LogP contribution is -2.48. The van der Waals surface area contributed by atoms with Crippen molar-refractivity contribution in [2.75, 3.05) is 6.54 Å². The molecule has 0 heterocycles. The monoisotopic (exact) mass is 352 g/mol. The van der Waals surface area contributed by atoms with Crippen LogP contribution < -0.4 is 5.32 Å². The third-order valence-corrected chi connectivity index (χ3v) is 4.56. The molecular weight excluding hydrogens is 324 g/mol. The zero-order valence-corrected chi connectivity index (χ0v) is 16.1. The standard InChI is InChI=1S/C22H28N2O2/c1-5-23-22(26)18(4)24(15-20-12-7-6-10-17(20)3)21(25)14-19-11-8-9-16(2)13-19/h6-13,18H,5,14-15H2,1-4H3,(H,23,26)/t18-/m0/s1. The highest BCUT2D eigenvalue weighted by Crippen LogP contribution is 2.15. The molecule has 2 aromatic carbocycles. The zero-order valence-electron chi connectivity index (χ0n) is 16.1. The van der Waals surface area contributed by atoms with Gasteiger partial charge in [-0.2, -0.15) is 0 Å². The molecule has 0 saturated heterocycles. The van der Waals surface area contributed by atoms with Crippen LogP contribution in [0.1, 0.15) is 36.1 Å². The number of amides is 2. The highest BCUT2D eigenvalue weighted by atomic mass is 16.2. The molecule has 0 radical (unpaired) electrons. The van der Waals surface area contributed by atoms with Gasteiger partial charge in [-0.25, -0.2) is 0 Å². The number of hydrogen-bond acceptors (Lipinski definition) is 2. The van der Waals surface area contributed by atoms with E-state index in [9.17, 15) is 9.59 Å². The number of nitrogens with zero attached hydrogens (tertiary/aromatic N) is 1. The Morgan fingerprint density at radius 1 is 1.08 bits per heavy atom. The minimum atomic E-state index is -0.521. The van der Waals surface area contributed by atoms with Crippen LogP contribution in [-0.4, -0.2) is 29.3 Å². The van der Waals surface area contributed by atoms with Crippen LogP contribution in [0.25, 0.3) is 0 Å². The van der Waals surface area contributed by atoms with Crippen molar-refractivity contribution in [2.45, 2.75) is 46.7 Å². The van der Waals surface area contributed by atoms with Crippen LogP contribution in [0.2, 0.25) is 0 Å². The number of carbonyl (C=O) groups excluding carboxylic acids is 2. The van der Waals surface area contributed by atoms with Crippen molar-refractivity contribution < 1.29 is 9.59 Å². The van der Waals surface area contributed by atoms with Gasteiger partial charge in [-0.1, -0.05) is 54.1 Å². The molecule has 2 aromatic rings. The quantitative estimate of drug-likeness (QED) is 0.830. The number of nitrogens with one attached hydrogen (secondary N) is 1. The van der Waals surface area contributed by atoms with Crippen LogP contribution in [0.15, 0.2) is 48.5 Å². The first kappa shape index (κ1) is 19.7. The fourth-order valence-corrected chi connectivity index (χ4v) is 2.97. The van der Waals surface area contributed by atoms with E-state index in [2.05, 4.69) is 5.32 Å². The molecule has 0 unspecified atom stereocenters. The van der Waals surface area contributed by atoms with Crippen molar-refractivity contribution in [1.82, 2.24) is 10.2 Å². The van der Waals surface area contributed by atoms with Gasteiger partial charge in [-0.05, 0) is 44.4 Å². The van der Waals surface area contributed by atoms with Gasteiger partial charge >= 0.3 is 0 Å². The van der Waals surface area contributed by atoms with Crippen LogP contribution in [-0.2, 0) is 22.6 Å². The lowest BCUT2D eigenvalue weighted by atomic mass is 10.0. The average Bonchev–Trinajstić information content (AvgIpc) is 2.60. The van der Waals surface area contributed by atoms with E-state index < -0.39 is 6.04 Å². The van der Waals surface area contributed by atoms with E-state index in [1.807, 2.05) is 69.3 Å². The summed E-state index contributed by atoms with van der Waals surface area (Å²) in [4.78, 5) is 27.1. The summed E-state index contributed by atoms with van der Waals surface area (Å²) in [6.07, 6.45) is 0.289. The lowest BCUT2D eigenvalue weighted by Gasteiger charge is -2.29. The lowest BCUT2D eigenvalue weighted by molar-refractivity contribution is -0.140. The third kappa shape index (κ3) is 5.19. The highest BCUT2D eigenvalue weighted by Gasteiger charge is 2.26. The van der Waals surface area contributed by atoms with Crippen LogP contribution in [0.3, 0.4) is 0 Å². The van der Waals surface area contributed by atoms with Crippen molar-refractivity contribution in [3.8, 4) is 0 Å². The predicted octanol–water partition coefficient (Wildman–Crippen LogP) is 3.40. The van der Waals surface area contributed by atoms with Crippen LogP contribution in [0.5, 0.6) is 0 Å². The summed E-state index contributed by atoms with van der Waals surface area (Å²) in [5, 5.41) is 2.82. The minimum absolute atomic E-state index is 0.0439. The van der Waals surface area contributed by atoms with Gasteiger partial charge in [0.25, 0.3) is 0 Å². The molecule has 26 heavy (non-hydrogen) atoms. The first-order valence-corrected chi connectivity index (χ1v) is 9.09. The molecule has 0 spiro atoms. The summed E-state index contributed by atoms with van der Waals surface area (Å²) >= 11 is 0. The van der Waals surface area contributed by atoms with Crippen LogP contribution in [0.4, 0.5) is 0 Å². The molecule has 0 aliphatic carbocycles. The Morgan fingerprint density at radius 2 is 1.81 bits per heavy atom. The van der Waals surface area contributed by atoms with Gasteiger partial charge in [0.05, 0.1) is 6.42 Å². The predicted molar refractivity (Wildman–Crippen MR) is 105 cm³/mol. The van der Waals surface area contributed by atoms with E-state index in [1.54, 1.807) is 11.8 Å². The molecule has 2 amide bonds. The van der Waals surface area contributed by atoms with Crippen molar-refractivity contribution in [2.24, 2.45) is 0 Å². The molecule has 4 heteroatoms. The number of carbonyl (C=O) groups is 2. The molecule has 138 valence electrons. The van der Waals surface area contributed by atoms with Gasteiger partial charge < -0.3 is 10.2 Å². The fourth-order valence-electron chi connectivity index (χ4n) is 2.97. The smallest absolute Gasteiger partial charge is 0.242 e. The maximum absolute atomic E-state index is 13.0. The number of likely N-dealkylation sites (N-methyl/N-ethyl adjacent to an activating group) is 1. The molecule has 0 aliphatic rings. The van der Waals surface area contributed by atoms with E-state index in [-0.39, 0.29) is 18.2 Å².